The van der Waals surface area contributed by atoms with E-state index in [1.54, 1.807) is 12.1 Å². The largest absolute Gasteiger partial charge is 0.313 e. The number of nitrogens with one attached hydrogen (secondary N) is 1. The average molecular weight is 253 g/mol. The van der Waals surface area contributed by atoms with Crippen molar-refractivity contribution in [3.63, 3.8) is 0 Å². The van der Waals surface area contributed by atoms with Gasteiger partial charge in [0.05, 0.1) is 0 Å². The van der Waals surface area contributed by atoms with Crippen molar-refractivity contribution in [1.29, 1.82) is 0 Å². The zero-order chi connectivity index (χ0) is 12.3. The molecule has 0 bridgehead atoms. The topological polar surface area (TPSA) is 12.0 Å². The normalized spacial score (nSPS) is 19.0. The van der Waals surface area contributed by atoms with E-state index in [9.17, 15) is 4.39 Å². The summed E-state index contributed by atoms with van der Waals surface area (Å²) in [4.78, 5) is 0. The molecule has 1 aliphatic rings. The zero-order valence-corrected chi connectivity index (χ0v) is 11.3. The summed E-state index contributed by atoms with van der Waals surface area (Å²) in [7, 11) is 0. The van der Waals surface area contributed by atoms with Crippen LogP contribution in [0.1, 0.15) is 25.3 Å². The highest BCUT2D eigenvalue weighted by Gasteiger charge is 2.41. The Morgan fingerprint density at radius 1 is 1.47 bits per heavy atom. The van der Waals surface area contributed by atoms with E-state index in [1.165, 1.54) is 18.9 Å². The minimum absolute atomic E-state index is 0.141. The van der Waals surface area contributed by atoms with E-state index in [2.05, 4.69) is 18.5 Å². The molecule has 0 amide bonds. The van der Waals surface area contributed by atoms with Crippen LogP contribution in [0, 0.1) is 5.82 Å². The molecule has 0 aromatic heterocycles. The van der Waals surface area contributed by atoms with Gasteiger partial charge in [0.15, 0.2) is 0 Å². The van der Waals surface area contributed by atoms with Crippen LogP contribution in [-0.2, 0) is 6.42 Å². The lowest BCUT2D eigenvalue weighted by molar-refractivity contribution is 0.535. The van der Waals surface area contributed by atoms with Gasteiger partial charge in [-0.2, -0.15) is 11.8 Å². The fraction of sp³-hybridized carbons (Fsp3) is 0.571. The van der Waals surface area contributed by atoms with Crippen LogP contribution in [-0.4, -0.2) is 23.6 Å². The Labute approximate surface area is 107 Å². The first-order chi connectivity index (χ1) is 8.13. The molecule has 0 heterocycles. The van der Waals surface area contributed by atoms with Crippen molar-refractivity contribution in [3.8, 4) is 0 Å². The third-order valence-corrected chi connectivity index (χ3v) is 4.86. The van der Waals surface area contributed by atoms with Gasteiger partial charge in [0.1, 0.15) is 5.82 Å². The van der Waals surface area contributed by atoms with Crippen LogP contribution < -0.4 is 5.32 Å². The second-order valence-corrected chi connectivity index (χ2v) is 6.28. The summed E-state index contributed by atoms with van der Waals surface area (Å²) in [5.74, 6) is -0.141. The Balaban J connectivity index is 1.79. The number of halogens is 1. The molecule has 3 heteroatoms. The number of benzene rings is 1. The predicted molar refractivity (Wildman–Crippen MR) is 73.0 cm³/mol. The molecule has 94 valence electrons. The van der Waals surface area contributed by atoms with Crippen LogP contribution in [0.3, 0.4) is 0 Å². The van der Waals surface area contributed by atoms with Crippen LogP contribution in [0.4, 0.5) is 4.39 Å². The Hall–Kier alpha value is -0.540. The summed E-state index contributed by atoms with van der Waals surface area (Å²) in [5.41, 5.74) is 1.07. The molecule has 2 rings (SSSR count). The zero-order valence-electron chi connectivity index (χ0n) is 10.5. The van der Waals surface area contributed by atoms with Gasteiger partial charge in [0, 0.05) is 17.3 Å². The van der Waals surface area contributed by atoms with Gasteiger partial charge in [0.25, 0.3) is 0 Å². The fourth-order valence-corrected chi connectivity index (χ4v) is 2.78. The fourth-order valence-electron chi connectivity index (χ4n) is 2.04. The molecule has 1 fully saturated rings. The molecule has 1 aromatic carbocycles. The van der Waals surface area contributed by atoms with Gasteiger partial charge in [0.2, 0.25) is 0 Å². The van der Waals surface area contributed by atoms with E-state index in [4.69, 9.17) is 0 Å². The molecular formula is C14H20FNS. The standard InChI is InChI=1S/C14H20FNS/c1-11(16-10-14(17-2)6-7-14)8-12-4-3-5-13(15)9-12/h3-5,9,11,16H,6-8,10H2,1-2H3. The van der Waals surface area contributed by atoms with Crippen LogP contribution in [0.2, 0.25) is 0 Å². The highest BCUT2D eigenvalue weighted by atomic mass is 32.2. The first-order valence-electron chi connectivity index (χ1n) is 6.16. The highest BCUT2D eigenvalue weighted by molar-refractivity contribution is 8.00. The second-order valence-electron chi connectivity index (χ2n) is 5.00. The van der Waals surface area contributed by atoms with E-state index in [-0.39, 0.29) is 5.82 Å². The first-order valence-corrected chi connectivity index (χ1v) is 7.39. The number of rotatable bonds is 6. The number of hydrogen-bond donors (Lipinski definition) is 1. The molecule has 1 N–H and O–H groups in total. The summed E-state index contributed by atoms with van der Waals surface area (Å²) in [6.45, 7) is 3.24. The van der Waals surface area contributed by atoms with Crippen molar-refractivity contribution in [3.05, 3.63) is 35.6 Å². The maximum absolute atomic E-state index is 13.0. The van der Waals surface area contributed by atoms with Gasteiger partial charge >= 0.3 is 0 Å². The van der Waals surface area contributed by atoms with Gasteiger partial charge in [-0.05, 0) is 50.1 Å². The molecule has 1 aliphatic carbocycles. The Morgan fingerprint density at radius 3 is 2.82 bits per heavy atom. The van der Waals surface area contributed by atoms with Crippen molar-refractivity contribution in [2.24, 2.45) is 0 Å². The quantitative estimate of drug-likeness (QED) is 0.835. The third-order valence-electron chi connectivity index (χ3n) is 3.44. The lowest BCUT2D eigenvalue weighted by atomic mass is 10.1. The molecule has 0 saturated heterocycles. The highest BCUT2D eigenvalue weighted by Crippen LogP contribution is 2.46. The molecule has 1 saturated carbocycles. The summed E-state index contributed by atoms with van der Waals surface area (Å²) in [6, 6.07) is 7.29. The summed E-state index contributed by atoms with van der Waals surface area (Å²) >= 11 is 1.97. The van der Waals surface area contributed by atoms with Crippen LogP contribution in [0.5, 0.6) is 0 Å². The molecule has 0 aliphatic heterocycles. The number of hydrogen-bond acceptors (Lipinski definition) is 2. The summed E-state index contributed by atoms with van der Waals surface area (Å²) in [6.07, 6.45) is 5.73. The molecule has 1 nitrogen and oxygen atoms in total. The first kappa shape index (κ1) is 12.9. The van der Waals surface area contributed by atoms with E-state index in [0.717, 1.165) is 18.5 Å². The maximum atomic E-state index is 13.0. The average Bonchev–Trinajstić information content (AvgIpc) is 3.07. The van der Waals surface area contributed by atoms with Crippen molar-refractivity contribution in [2.45, 2.75) is 37.0 Å². The summed E-state index contributed by atoms with van der Waals surface area (Å²) in [5, 5.41) is 3.56. The number of thioether (sulfide) groups is 1. The van der Waals surface area contributed by atoms with Crippen LogP contribution >= 0.6 is 11.8 Å². The smallest absolute Gasteiger partial charge is 0.123 e. The Kier molecular flexibility index (Phi) is 4.10. The van der Waals surface area contributed by atoms with Crippen molar-refractivity contribution < 1.29 is 4.39 Å². The molecule has 0 radical (unpaired) electrons. The molecular weight excluding hydrogens is 233 g/mol. The third kappa shape index (κ3) is 3.71. The van der Waals surface area contributed by atoms with Gasteiger partial charge in [-0.3, -0.25) is 0 Å². The van der Waals surface area contributed by atoms with Crippen LogP contribution in [0.25, 0.3) is 0 Å². The Morgan fingerprint density at radius 2 is 2.24 bits per heavy atom. The van der Waals surface area contributed by atoms with Gasteiger partial charge in [-0.15, -0.1) is 0 Å². The lowest BCUT2D eigenvalue weighted by Crippen LogP contribution is -2.34. The lowest BCUT2D eigenvalue weighted by Gasteiger charge is -2.18. The van der Waals surface area contributed by atoms with E-state index < -0.39 is 0 Å². The van der Waals surface area contributed by atoms with Crippen molar-refractivity contribution in [1.82, 2.24) is 5.32 Å². The van der Waals surface area contributed by atoms with Crippen LogP contribution in [0.15, 0.2) is 24.3 Å². The van der Waals surface area contributed by atoms with Gasteiger partial charge in [-0.25, -0.2) is 4.39 Å². The molecule has 1 atom stereocenters. The van der Waals surface area contributed by atoms with Crippen molar-refractivity contribution in [2.75, 3.05) is 12.8 Å². The molecule has 1 unspecified atom stereocenters. The molecule has 1 aromatic rings. The predicted octanol–water partition coefficient (Wildman–Crippen LogP) is 3.24. The maximum Gasteiger partial charge on any atom is 0.123 e. The van der Waals surface area contributed by atoms with E-state index in [0.29, 0.717) is 10.8 Å². The minimum atomic E-state index is -0.141. The van der Waals surface area contributed by atoms with Crippen molar-refractivity contribution >= 4 is 11.8 Å². The van der Waals surface area contributed by atoms with Gasteiger partial charge in [-0.1, -0.05) is 12.1 Å². The van der Waals surface area contributed by atoms with E-state index in [1.807, 2.05) is 17.8 Å². The molecule has 0 spiro atoms. The second kappa shape index (κ2) is 5.40. The van der Waals surface area contributed by atoms with E-state index >= 15 is 0 Å². The Bertz CT molecular complexity index is 376. The minimum Gasteiger partial charge on any atom is -0.313 e. The van der Waals surface area contributed by atoms with Gasteiger partial charge < -0.3 is 5.32 Å². The monoisotopic (exact) mass is 253 g/mol. The SMILES string of the molecule is CSC1(CNC(C)Cc2cccc(F)c2)CC1. The molecule has 17 heavy (non-hydrogen) atoms. The summed E-state index contributed by atoms with van der Waals surface area (Å²) < 4.78 is 13.5.